The van der Waals surface area contributed by atoms with Gasteiger partial charge in [0.05, 0.1) is 29.9 Å². The number of hydrogen-bond acceptors (Lipinski definition) is 5. The molecule has 2 aromatic rings. The second-order valence-electron chi connectivity index (χ2n) is 6.30. The number of ether oxygens (including phenoxy) is 1. The monoisotopic (exact) mass is 391 g/mol. The SMILES string of the molecule is COc1ccc(C)cc1NC(=O)c1ccccc1SC1CCS(=O)(=O)C1. The van der Waals surface area contributed by atoms with Crippen molar-refractivity contribution in [3.63, 3.8) is 0 Å². The molecule has 0 bridgehead atoms. The van der Waals surface area contributed by atoms with Crippen LogP contribution in [-0.2, 0) is 9.84 Å². The van der Waals surface area contributed by atoms with Crippen molar-refractivity contribution in [3.05, 3.63) is 53.6 Å². The Morgan fingerprint density at radius 3 is 2.69 bits per heavy atom. The lowest BCUT2D eigenvalue weighted by Crippen LogP contribution is -2.15. The van der Waals surface area contributed by atoms with Crippen LogP contribution in [0.2, 0.25) is 0 Å². The van der Waals surface area contributed by atoms with Crippen molar-refractivity contribution < 1.29 is 17.9 Å². The molecule has 5 nitrogen and oxygen atoms in total. The van der Waals surface area contributed by atoms with E-state index in [1.165, 1.54) is 11.8 Å². The predicted octanol–water partition coefficient (Wildman–Crippen LogP) is 3.54. The second kappa shape index (κ2) is 7.72. The number of methoxy groups -OCH3 is 1. The molecule has 1 atom stereocenters. The lowest BCUT2D eigenvalue weighted by molar-refractivity contribution is 0.102. The van der Waals surface area contributed by atoms with Crippen molar-refractivity contribution in [2.75, 3.05) is 23.9 Å². The molecule has 1 fully saturated rings. The Morgan fingerprint density at radius 1 is 1.23 bits per heavy atom. The average molecular weight is 392 g/mol. The Bertz CT molecular complexity index is 925. The standard InChI is InChI=1S/C19H21NO4S2/c1-13-7-8-17(24-2)16(11-13)20-19(21)15-5-3-4-6-18(15)25-14-9-10-26(22,23)12-14/h3-8,11,14H,9-10,12H2,1-2H3,(H,20,21). The molecule has 1 heterocycles. The molecule has 0 radical (unpaired) electrons. The Kier molecular flexibility index (Phi) is 5.58. The fourth-order valence-corrected chi connectivity index (χ4v) is 6.53. The normalized spacial score (nSPS) is 18.5. The number of rotatable bonds is 5. The summed E-state index contributed by atoms with van der Waals surface area (Å²) in [6, 6.07) is 12.9. The summed E-state index contributed by atoms with van der Waals surface area (Å²) in [5, 5.41) is 2.89. The molecule has 7 heteroatoms. The zero-order chi connectivity index (χ0) is 18.7. The van der Waals surface area contributed by atoms with Crippen LogP contribution in [0.4, 0.5) is 5.69 Å². The van der Waals surface area contributed by atoms with Crippen molar-refractivity contribution in [3.8, 4) is 5.75 Å². The van der Waals surface area contributed by atoms with Gasteiger partial charge in [-0.15, -0.1) is 11.8 Å². The van der Waals surface area contributed by atoms with Crippen molar-refractivity contribution in [1.29, 1.82) is 0 Å². The summed E-state index contributed by atoms with van der Waals surface area (Å²) in [7, 11) is -1.39. The summed E-state index contributed by atoms with van der Waals surface area (Å²) >= 11 is 1.46. The maximum Gasteiger partial charge on any atom is 0.256 e. The summed E-state index contributed by atoms with van der Waals surface area (Å²) in [4.78, 5) is 13.6. The van der Waals surface area contributed by atoms with Crippen LogP contribution in [0.15, 0.2) is 47.4 Å². The zero-order valence-corrected chi connectivity index (χ0v) is 16.3. The van der Waals surface area contributed by atoms with Gasteiger partial charge in [-0.25, -0.2) is 8.42 Å². The average Bonchev–Trinajstić information content (AvgIpc) is 2.94. The maximum absolute atomic E-state index is 12.8. The van der Waals surface area contributed by atoms with Crippen LogP contribution in [0, 0.1) is 6.92 Å². The molecule has 0 spiro atoms. The zero-order valence-electron chi connectivity index (χ0n) is 14.7. The van der Waals surface area contributed by atoms with E-state index < -0.39 is 9.84 Å². The molecule has 0 aromatic heterocycles. The van der Waals surface area contributed by atoms with Gasteiger partial charge >= 0.3 is 0 Å². The van der Waals surface area contributed by atoms with E-state index >= 15 is 0 Å². The van der Waals surface area contributed by atoms with E-state index in [9.17, 15) is 13.2 Å². The highest BCUT2D eigenvalue weighted by Crippen LogP contribution is 2.34. The number of sulfone groups is 1. The number of benzene rings is 2. The lowest BCUT2D eigenvalue weighted by atomic mass is 10.1. The smallest absolute Gasteiger partial charge is 0.256 e. The first-order valence-corrected chi connectivity index (χ1v) is 11.0. The van der Waals surface area contributed by atoms with Crippen LogP contribution < -0.4 is 10.1 Å². The second-order valence-corrected chi connectivity index (χ2v) is 9.87. The van der Waals surface area contributed by atoms with Gasteiger partial charge in [0.2, 0.25) is 0 Å². The summed E-state index contributed by atoms with van der Waals surface area (Å²) in [6.07, 6.45) is 0.620. The van der Waals surface area contributed by atoms with Crippen molar-refractivity contribution in [2.45, 2.75) is 23.5 Å². The van der Waals surface area contributed by atoms with Gasteiger partial charge in [0.15, 0.2) is 9.84 Å². The third-order valence-electron chi connectivity index (χ3n) is 4.22. The molecule has 1 saturated heterocycles. The first-order chi connectivity index (χ1) is 12.4. The van der Waals surface area contributed by atoms with Crippen LogP contribution in [0.3, 0.4) is 0 Å². The van der Waals surface area contributed by atoms with E-state index in [-0.39, 0.29) is 22.7 Å². The molecular weight excluding hydrogens is 370 g/mol. The third kappa shape index (κ3) is 4.40. The Balaban J connectivity index is 1.81. The van der Waals surface area contributed by atoms with Gasteiger partial charge < -0.3 is 10.1 Å². The van der Waals surface area contributed by atoms with Gasteiger partial charge in [-0.1, -0.05) is 18.2 Å². The van der Waals surface area contributed by atoms with Gasteiger partial charge in [0.1, 0.15) is 5.75 Å². The van der Waals surface area contributed by atoms with E-state index in [0.29, 0.717) is 23.4 Å². The number of nitrogens with one attached hydrogen (secondary N) is 1. The van der Waals surface area contributed by atoms with E-state index in [1.54, 1.807) is 19.2 Å². The summed E-state index contributed by atoms with van der Waals surface area (Å²) < 4.78 is 28.7. The van der Waals surface area contributed by atoms with Gasteiger partial charge in [0.25, 0.3) is 5.91 Å². The third-order valence-corrected chi connectivity index (χ3v) is 7.54. The fourth-order valence-electron chi connectivity index (χ4n) is 2.90. The summed E-state index contributed by atoms with van der Waals surface area (Å²) in [6.45, 7) is 1.94. The molecule has 138 valence electrons. The molecule has 1 unspecified atom stereocenters. The Labute approximate surface area is 158 Å². The van der Waals surface area contributed by atoms with E-state index in [1.807, 2.05) is 37.3 Å². The van der Waals surface area contributed by atoms with Gasteiger partial charge in [0, 0.05) is 10.1 Å². The number of amides is 1. The largest absolute Gasteiger partial charge is 0.495 e. The highest BCUT2D eigenvalue weighted by atomic mass is 32.2. The van der Waals surface area contributed by atoms with Crippen molar-refractivity contribution in [1.82, 2.24) is 0 Å². The van der Waals surface area contributed by atoms with Crippen molar-refractivity contribution in [2.24, 2.45) is 0 Å². The van der Waals surface area contributed by atoms with Crippen LogP contribution in [0.25, 0.3) is 0 Å². The van der Waals surface area contributed by atoms with Crippen LogP contribution >= 0.6 is 11.8 Å². The molecule has 26 heavy (non-hydrogen) atoms. The van der Waals surface area contributed by atoms with Gasteiger partial charge in [-0.2, -0.15) is 0 Å². The molecule has 1 amide bonds. The Morgan fingerprint density at radius 2 is 2.00 bits per heavy atom. The van der Waals surface area contributed by atoms with E-state index in [0.717, 1.165) is 10.5 Å². The Hall–Kier alpha value is -1.99. The molecule has 1 aliphatic rings. The summed E-state index contributed by atoms with van der Waals surface area (Å²) in [5.74, 6) is 0.743. The van der Waals surface area contributed by atoms with Crippen LogP contribution in [0.5, 0.6) is 5.75 Å². The first kappa shape index (κ1) is 18.8. The molecular formula is C19H21NO4S2. The molecule has 2 aromatic carbocycles. The number of anilines is 1. The first-order valence-electron chi connectivity index (χ1n) is 8.30. The fraction of sp³-hybridized carbons (Fsp3) is 0.316. The lowest BCUT2D eigenvalue weighted by Gasteiger charge is -2.14. The number of thioether (sulfide) groups is 1. The quantitative estimate of drug-likeness (QED) is 0.844. The number of carbonyl (C=O) groups excluding carboxylic acids is 1. The number of carbonyl (C=O) groups is 1. The minimum atomic E-state index is -2.95. The minimum Gasteiger partial charge on any atom is -0.495 e. The topological polar surface area (TPSA) is 72.5 Å². The van der Waals surface area contributed by atoms with Crippen molar-refractivity contribution >= 4 is 33.2 Å². The van der Waals surface area contributed by atoms with Crippen LogP contribution in [0.1, 0.15) is 22.3 Å². The highest BCUT2D eigenvalue weighted by molar-refractivity contribution is 8.02. The molecule has 1 aliphatic heterocycles. The predicted molar refractivity (Wildman–Crippen MR) is 105 cm³/mol. The summed E-state index contributed by atoms with van der Waals surface area (Å²) in [5.41, 5.74) is 2.16. The molecule has 0 saturated carbocycles. The molecule has 0 aliphatic carbocycles. The molecule has 1 N–H and O–H groups in total. The van der Waals surface area contributed by atoms with Crippen LogP contribution in [-0.4, -0.2) is 38.2 Å². The van der Waals surface area contributed by atoms with Gasteiger partial charge in [-0.3, -0.25) is 4.79 Å². The van der Waals surface area contributed by atoms with E-state index in [4.69, 9.17) is 4.74 Å². The molecule has 3 rings (SSSR count). The highest BCUT2D eigenvalue weighted by Gasteiger charge is 2.29. The van der Waals surface area contributed by atoms with Gasteiger partial charge in [-0.05, 0) is 43.2 Å². The van der Waals surface area contributed by atoms with E-state index in [2.05, 4.69) is 5.32 Å². The number of hydrogen-bond donors (Lipinski definition) is 1. The number of aryl methyl sites for hydroxylation is 1. The maximum atomic E-state index is 12.8. The minimum absolute atomic E-state index is 0.0116.